The van der Waals surface area contributed by atoms with Gasteiger partial charge in [0.1, 0.15) is 29.0 Å². The molecule has 1 aliphatic rings. The molecule has 1 aliphatic heterocycles. The Labute approximate surface area is 216 Å². The van der Waals surface area contributed by atoms with E-state index in [1.54, 1.807) is 32.3 Å². The van der Waals surface area contributed by atoms with Crippen LogP contribution in [0.2, 0.25) is 0 Å². The van der Waals surface area contributed by atoms with E-state index in [0.29, 0.717) is 30.9 Å². The summed E-state index contributed by atoms with van der Waals surface area (Å²) in [6.07, 6.45) is 5.12. The molecule has 1 aromatic heterocycles. The van der Waals surface area contributed by atoms with E-state index in [-0.39, 0.29) is 42.9 Å². The van der Waals surface area contributed by atoms with Crippen molar-refractivity contribution in [2.45, 2.75) is 71.4 Å². The Morgan fingerprint density at radius 3 is 2.65 bits per heavy atom. The van der Waals surface area contributed by atoms with E-state index in [1.165, 1.54) is 6.07 Å². The lowest BCUT2D eigenvalue weighted by atomic mass is 9.94. The smallest absolute Gasteiger partial charge is 0.342 e. The molecule has 1 aromatic carbocycles. The molecule has 0 spiro atoms. The van der Waals surface area contributed by atoms with Crippen LogP contribution in [0.15, 0.2) is 24.5 Å². The van der Waals surface area contributed by atoms with Crippen LogP contribution >= 0.6 is 0 Å². The molecule has 2 aromatic rings. The summed E-state index contributed by atoms with van der Waals surface area (Å²) >= 11 is 0. The largest absolute Gasteiger partial charge is 0.507 e. The number of benzene rings is 1. The zero-order valence-electron chi connectivity index (χ0n) is 21.4. The summed E-state index contributed by atoms with van der Waals surface area (Å²) in [6, 6.07) is 3.04. The number of Topliss-reactive ketones (excluding diaryl/α,β-unsaturated/α-hetero) is 3. The van der Waals surface area contributed by atoms with Crippen LogP contribution in [0.1, 0.15) is 74.1 Å². The SMILES string of the molecule is C[C@@H]1CCC(=O)C(=O)C(=O)CCCc2cc(OCCCCNCc3ncc[nH]3)cc(O)c2C(=O)O[C@H]1C. The number of aromatic hydroxyl groups is 1. The number of phenols is 1. The standard InChI is InChI=1S/C27H35N3O7/c1-17-8-9-22(32)26(34)21(31)7-5-6-19-14-20(15-23(33)25(19)27(35)37-18(17)2)36-13-4-3-10-28-16-24-29-11-12-30-24/h11-12,14-15,17-18,28,33H,3-10,13,16H2,1-2H3,(H,29,30)/t17-,18+/m1/s1. The summed E-state index contributed by atoms with van der Waals surface area (Å²) < 4.78 is 11.4. The highest BCUT2D eigenvalue weighted by Gasteiger charge is 2.27. The van der Waals surface area contributed by atoms with Gasteiger partial charge in [-0.1, -0.05) is 6.92 Å². The number of carbonyl (C=O) groups excluding carboxylic acids is 4. The number of cyclic esters (lactones) is 1. The Kier molecular flexibility index (Phi) is 10.4. The van der Waals surface area contributed by atoms with Crippen molar-refractivity contribution < 1.29 is 33.8 Å². The van der Waals surface area contributed by atoms with Crippen LogP contribution in [0, 0.1) is 5.92 Å². The lowest BCUT2D eigenvalue weighted by Gasteiger charge is -2.22. The van der Waals surface area contributed by atoms with Crippen LogP contribution in [0.3, 0.4) is 0 Å². The first-order valence-electron chi connectivity index (χ1n) is 12.7. The zero-order valence-corrected chi connectivity index (χ0v) is 21.4. The number of carbonyl (C=O) groups is 4. The molecule has 10 nitrogen and oxygen atoms in total. The molecule has 0 fully saturated rings. The summed E-state index contributed by atoms with van der Waals surface area (Å²) in [6.45, 7) is 5.35. The Bertz CT molecular complexity index is 1100. The number of unbranched alkanes of at least 4 members (excludes halogenated alkanes) is 1. The first-order valence-corrected chi connectivity index (χ1v) is 12.7. The van der Waals surface area contributed by atoms with Gasteiger partial charge >= 0.3 is 5.97 Å². The number of imidazole rings is 1. The number of aromatic amines is 1. The van der Waals surface area contributed by atoms with E-state index in [2.05, 4.69) is 15.3 Å². The molecule has 0 saturated heterocycles. The number of rotatable bonds is 8. The number of esters is 1. The predicted octanol–water partition coefficient (Wildman–Crippen LogP) is 3.07. The number of hydrogen-bond donors (Lipinski definition) is 3. The number of phenolic OH excluding ortho intramolecular Hbond substituents is 1. The summed E-state index contributed by atoms with van der Waals surface area (Å²) in [7, 11) is 0. The summed E-state index contributed by atoms with van der Waals surface area (Å²) in [5, 5.41) is 14.0. The summed E-state index contributed by atoms with van der Waals surface area (Å²) in [4.78, 5) is 56.6. The second-order valence-electron chi connectivity index (χ2n) is 9.40. The van der Waals surface area contributed by atoms with E-state index >= 15 is 0 Å². The molecule has 3 rings (SSSR count). The van der Waals surface area contributed by atoms with Crippen molar-refractivity contribution in [1.82, 2.24) is 15.3 Å². The molecule has 0 radical (unpaired) electrons. The van der Waals surface area contributed by atoms with Gasteiger partial charge in [-0.15, -0.1) is 0 Å². The van der Waals surface area contributed by atoms with E-state index in [0.717, 1.165) is 25.2 Å². The molecule has 2 heterocycles. The topological polar surface area (TPSA) is 148 Å². The number of aryl methyl sites for hydroxylation is 1. The Balaban J connectivity index is 1.64. The van der Waals surface area contributed by atoms with Gasteiger partial charge in [-0.25, -0.2) is 9.78 Å². The Hall–Kier alpha value is -3.53. The van der Waals surface area contributed by atoms with E-state index in [9.17, 15) is 24.3 Å². The fourth-order valence-corrected chi connectivity index (χ4v) is 4.08. The van der Waals surface area contributed by atoms with Crippen LogP contribution in [0.5, 0.6) is 11.5 Å². The average Bonchev–Trinajstić information content (AvgIpc) is 3.38. The number of H-pyrrole nitrogens is 1. The summed E-state index contributed by atoms with van der Waals surface area (Å²) in [5.41, 5.74) is 0.490. The van der Waals surface area contributed by atoms with Gasteiger partial charge in [0.25, 0.3) is 5.78 Å². The first kappa shape index (κ1) is 28.0. The van der Waals surface area contributed by atoms with Gasteiger partial charge in [0.2, 0.25) is 11.6 Å². The van der Waals surface area contributed by atoms with Crippen LogP contribution in [-0.4, -0.2) is 57.6 Å². The number of hydrogen-bond acceptors (Lipinski definition) is 9. The molecule has 2 atom stereocenters. The highest BCUT2D eigenvalue weighted by Crippen LogP contribution is 2.31. The Morgan fingerprint density at radius 1 is 1.11 bits per heavy atom. The number of nitrogens with one attached hydrogen (secondary N) is 2. The lowest BCUT2D eigenvalue weighted by molar-refractivity contribution is -0.144. The molecule has 0 bridgehead atoms. The van der Waals surface area contributed by atoms with Crippen molar-refractivity contribution in [2.75, 3.05) is 13.2 Å². The van der Waals surface area contributed by atoms with Crippen LogP contribution < -0.4 is 10.1 Å². The number of ketones is 3. The van der Waals surface area contributed by atoms with Gasteiger partial charge in [0, 0.05) is 31.3 Å². The fourth-order valence-electron chi connectivity index (χ4n) is 4.08. The maximum absolute atomic E-state index is 13.0. The van der Waals surface area contributed by atoms with Gasteiger partial charge in [-0.3, -0.25) is 14.4 Å². The normalized spacial score (nSPS) is 19.7. The zero-order chi connectivity index (χ0) is 26.8. The molecule has 0 unspecified atom stereocenters. The molecular weight excluding hydrogens is 478 g/mol. The van der Waals surface area contributed by atoms with Crippen LogP contribution in [-0.2, 0) is 32.1 Å². The molecule has 0 amide bonds. The third-order valence-electron chi connectivity index (χ3n) is 6.52. The fraction of sp³-hybridized carbons (Fsp3) is 0.519. The van der Waals surface area contributed by atoms with Crippen molar-refractivity contribution in [2.24, 2.45) is 5.92 Å². The van der Waals surface area contributed by atoms with Crippen LogP contribution in [0.4, 0.5) is 0 Å². The number of aromatic nitrogens is 2. The van der Waals surface area contributed by atoms with Crippen LogP contribution in [0.25, 0.3) is 0 Å². The lowest BCUT2D eigenvalue weighted by Crippen LogP contribution is -2.27. The molecular formula is C27H35N3O7. The molecule has 3 N–H and O–H groups in total. The van der Waals surface area contributed by atoms with Gasteiger partial charge in [0.15, 0.2) is 0 Å². The van der Waals surface area contributed by atoms with Crippen molar-refractivity contribution >= 4 is 23.3 Å². The first-order chi connectivity index (χ1) is 17.8. The third-order valence-corrected chi connectivity index (χ3v) is 6.52. The van der Waals surface area contributed by atoms with Gasteiger partial charge in [-0.2, -0.15) is 0 Å². The second kappa shape index (κ2) is 13.7. The van der Waals surface area contributed by atoms with E-state index < -0.39 is 29.4 Å². The predicted molar refractivity (Wildman–Crippen MR) is 134 cm³/mol. The van der Waals surface area contributed by atoms with Crippen molar-refractivity contribution in [3.63, 3.8) is 0 Å². The van der Waals surface area contributed by atoms with Crippen molar-refractivity contribution in [3.05, 3.63) is 41.5 Å². The van der Waals surface area contributed by atoms with E-state index in [1.807, 2.05) is 0 Å². The van der Waals surface area contributed by atoms with Gasteiger partial charge in [-0.05, 0) is 63.1 Å². The average molecular weight is 514 g/mol. The van der Waals surface area contributed by atoms with E-state index in [4.69, 9.17) is 9.47 Å². The minimum Gasteiger partial charge on any atom is -0.507 e. The molecule has 0 aliphatic carbocycles. The highest BCUT2D eigenvalue weighted by atomic mass is 16.5. The number of nitrogens with zero attached hydrogens (tertiary/aromatic N) is 1. The molecule has 0 saturated carbocycles. The quantitative estimate of drug-likeness (QED) is 0.275. The highest BCUT2D eigenvalue weighted by molar-refractivity contribution is 6.63. The second-order valence-corrected chi connectivity index (χ2v) is 9.40. The van der Waals surface area contributed by atoms with Crippen molar-refractivity contribution in [3.8, 4) is 11.5 Å². The van der Waals surface area contributed by atoms with Crippen molar-refractivity contribution in [1.29, 1.82) is 0 Å². The Morgan fingerprint density at radius 2 is 1.89 bits per heavy atom. The number of fused-ring (bicyclic) bond motifs is 1. The maximum Gasteiger partial charge on any atom is 0.342 e. The molecule has 37 heavy (non-hydrogen) atoms. The molecule has 10 heteroatoms. The van der Waals surface area contributed by atoms with Gasteiger partial charge in [0.05, 0.1) is 13.2 Å². The number of ether oxygens (including phenoxy) is 2. The third kappa shape index (κ3) is 8.24. The minimum absolute atomic E-state index is 0.0282. The monoisotopic (exact) mass is 513 g/mol. The summed E-state index contributed by atoms with van der Waals surface area (Å²) in [5.74, 6) is -2.31. The maximum atomic E-state index is 13.0. The molecule has 200 valence electrons. The van der Waals surface area contributed by atoms with Gasteiger partial charge < -0.3 is 24.9 Å². The minimum atomic E-state index is -0.979.